The monoisotopic (exact) mass is 229 g/mol. The van der Waals surface area contributed by atoms with E-state index in [0.717, 1.165) is 6.42 Å². The van der Waals surface area contributed by atoms with Gasteiger partial charge in [-0.25, -0.2) is 5.06 Å². The van der Waals surface area contributed by atoms with Crippen LogP contribution in [0.15, 0.2) is 0 Å². The van der Waals surface area contributed by atoms with E-state index in [1.807, 2.05) is 0 Å². The Balaban J connectivity index is 4.09. The van der Waals surface area contributed by atoms with Gasteiger partial charge in [-0.3, -0.25) is 9.63 Å². The van der Waals surface area contributed by atoms with Crippen LogP contribution in [0.4, 0.5) is 0 Å². The van der Waals surface area contributed by atoms with Gasteiger partial charge in [-0.05, 0) is 23.7 Å². The summed E-state index contributed by atoms with van der Waals surface area (Å²) in [6.07, 6.45) is 1.64. The summed E-state index contributed by atoms with van der Waals surface area (Å²) in [5, 5.41) is 1.30. The van der Waals surface area contributed by atoms with Crippen LogP contribution in [0.3, 0.4) is 0 Å². The lowest BCUT2D eigenvalue weighted by atomic mass is 9.77. The Bertz CT molecular complexity index is 220. The summed E-state index contributed by atoms with van der Waals surface area (Å²) in [6, 6.07) is 0. The average molecular weight is 229 g/mol. The van der Waals surface area contributed by atoms with Crippen molar-refractivity contribution >= 4 is 5.91 Å². The molecule has 0 heterocycles. The molecule has 0 aliphatic carbocycles. The Kier molecular flexibility index (Phi) is 6.01. The first-order valence-electron chi connectivity index (χ1n) is 5.99. The highest BCUT2D eigenvalue weighted by atomic mass is 16.7. The molecule has 0 bridgehead atoms. The van der Waals surface area contributed by atoms with Crippen molar-refractivity contribution in [2.45, 2.75) is 47.5 Å². The molecule has 0 unspecified atom stereocenters. The number of nitrogens with zero attached hydrogens (tertiary/aromatic N) is 1. The summed E-state index contributed by atoms with van der Waals surface area (Å²) in [4.78, 5) is 16.5. The SMILES string of the molecule is CON(C)C(=O)C[C@H](C)C[C@H](C)C(C)(C)C. The molecule has 0 aromatic carbocycles. The van der Waals surface area contributed by atoms with E-state index in [2.05, 4.69) is 34.6 Å². The third-order valence-corrected chi connectivity index (χ3v) is 3.38. The number of carbonyl (C=O) groups is 1. The molecule has 0 fully saturated rings. The van der Waals surface area contributed by atoms with Gasteiger partial charge in [0.25, 0.3) is 0 Å². The zero-order valence-electron chi connectivity index (χ0n) is 11.8. The normalized spacial score (nSPS) is 15.7. The molecule has 0 spiro atoms. The fraction of sp³-hybridized carbons (Fsp3) is 0.923. The van der Waals surface area contributed by atoms with E-state index in [9.17, 15) is 4.79 Å². The molecule has 1 amide bonds. The van der Waals surface area contributed by atoms with E-state index < -0.39 is 0 Å². The van der Waals surface area contributed by atoms with E-state index in [4.69, 9.17) is 4.84 Å². The summed E-state index contributed by atoms with van der Waals surface area (Å²) in [7, 11) is 3.17. The van der Waals surface area contributed by atoms with Crippen LogP contribution in [0.25, 0.3) is 0 Å². The first-order valence-corrected chi connectivity index (χ1v) is 5.99. The maximum Gasteiger partial charge on any atom is 0.246 e. The number of hydrogen-bond acceptors (Lipinski definition) is 2. The minimum absolute atomic E-state index is 0.0520. The molecule has 0 saturated carbocycles. The predicted octanol–water partition coefficient (Wildman–Crippen LogP) is 3.10. The van der Waals surface area contributed by atoms with Gasteiger partial charge in [0, 0.05) is 13.5 Å². The van der Waals surface area contributed by atoms with Crippen LogP contribution in [0.2, 0.25) is 0 Å². The minimum atomic E-state index is 0.0520. The Labute approximate surface area is 100 Å². The maximum atomic E-state index is 11.6. The fourth-order valence-electron chi connectivity index (χ4n) is 1.57. The number of carbonyl (C=O) groups excluding carboxylic acids is 1. The summed E-state index contributed by atoms with van der Waals surface area (Å²) in [6.45, 7) is 11.1. The van der Waals surface area contributed by atoms with Gasteiger partial charge < -0.3 is 0 Å². The van der Waals surface area contributed by atoms with E-state index in [1.54, 1.807) is 7.05 Å². The molecule has 0 aliphatic heterocycles. The third kappa shape index (κ3) is 5.50. The van der Waals surface area contributed by atoms with Gasteiger partial charge in [0.2, 0.25) is 5.91 Å². The van der Waals surface area contributed by atoms with Gasteiger partial charge >= 0.3 is 0 Å². The molecule has 16 heavy (non-hydrogen) atoms. The lowest BCUT2D eigenvalue weighted by molar-refractivity contribution is -0.169. The van der Waals surface area contributed by atoms with E-state index >= 15 is 0 Å². The van der Waals surface area contributed by atoms with Crippen molar-refractivity contribution in [3.8, 4) is 0 Å². The van der Waals surface area contributed by atoms with Gasteiger partial charge in [-0.2, -0.15) is 0 Å². The number of hydrogen-bond donors (Lipinski definition) is 0. The van der Waals surface area contributed by atoms with Crippen LogP contribution in [-0.4, -0.2) is 25.1 Å². The second-order valence-electron chi connectivity index (χ2n) is 5.89. The third-order valence-electron chi connectivity index (χ3n) is 3.38. The van der Waals surface area contributed by atoms with Crippen molar-refractivity contribution in [1.29, 1.82) is 0 Å². The predicted molar refractivity (Wildman–Crippen MR) is 66.8 cm³/mol. The molecule has 0 N–H and O–H groups in total. The molecular weight excluding hydrogens is 202 g/mol. The largest absolute Gasteiger partial charge is 0.275 e. The van der Waals surface area contributed by atoms with E-state index in [1.165, 1.54) is 12.2 Å². The van der Waals surface area contributed by atoms with Crippen molar-refractivity contribution in [1.82, 2.24) is 5.06 Å². The molecule has 0 saturated heterocycles. The fourth-order valence-corrected chi connectivity index (χ4v) is 1.57. The highest BCUT2D eigenvalue weighted by Gasteiger charge is 2.23. The van der Waals surface area contributed by atoms with Gasteiger partial charge in [-0.1, -0.05) is 34.6 Å². The first kappa shape index (κ1) is 15.4. The van der Waals surface area contributed by atoms with Crippen LogP contribution < -0.4 is 0 Å². The molecule has 0 rings (SSSR count). The van der Waals surface area contributed by atoms with E-state index in [-0.39, 0.29) is 5.91 Å². The van der Waals surface area contributed by atoms with Gasteiger partial charge in [0.15, 0.2) is 0 Å². The molecular formula is C13H27NO2. The quantitative estimate of drug-likeness (QED) is 0.678. The molecule has 0 aliphatic rings. The van der Waals surface area contributed by atoms with Gasteiger partial charge in [0.05, 0.1) is 7.11 Å². The molecule has 96 valence electrons. The topological polar surface area (TPSA) is 29.5 Å². The summed E-state index contributed by atoms with van der Waals surface area (Å²) < 4.78 is 0. The van der Waals surface area contributed by atoms with E-state index in [0.29, 0.717) is 23.7 Å². The lowest BCUT2D eigenvalue weighted by Gasteiger charge is -2.29. The van der Waals surface area contributed by atoms with Crippen LogP contribution in [0.1, 0.15) is 47.5 Å². The summed E-state index contributed by atoms with van der Waals surface area (Å²) in [5.41, 5.74) is 0.310. The second kappa shape index (κ2) is 6.24. The van der Waals surface area contributed by atoms with Crippen LogP contribution in [-0.2, 0) is 9.63 Å². The minimum Gasteiger partial charge on any atom is -0.275 e. The molecule has 0 aromatic rings. The summed E-state index contributed by atoms with van der Waals surface area (Å²) in [5.74, 6) is 1.07. The van der Waals surface area contributed by atoms with Crippen molar-refractivity contribution in [2.75, 3.05) is 14.2 Å². The Hall–Kier alpha value is -0.570. The van der Waals surface area contributed by atoms with Crippen LogP contribution >= 0.6 is 0 Å². The molecule has 0 aromatic heterocycles. The highest BCUT2D eigenvalue weighted by Crippen LogP contribution is 2.31. The number of hydroxylamine groups is 2. The molecule has 3 nitrogen and oxygen atoms in total. The highest BCUT2D eigenvalue weighted by molar-refractivity contribution is 5.74. The molecule has 2 atom stereocenters. The first-order chi connectivity index (χ1) is 7.18. The van der Waals surface area contributed by atoms with Crippen LogP contribution in [0, 0.1) is 17.3 Å². The lowest BCUT2D eigenvalue weighted by Crippen LogP contribution is -2.28. The van der Waals surface area contributed by atoms with Crippen molar-refractivity contribution < 1.29 is 9.63 Å². The Morgan fingerprint density at radius 3 is 2.19 bits per heavy atom. The van der Waals surface area contributed by atoms with Crippen molar-refractivity contribution in [2.24, 2.45) is 17.3 Å². The molecule has 0 radical (unpaired) electrons. The second-order valence-corrected chi connectivity index (χ2v) is 5.89. The standard InChI is InChI=1S/C13H27NO2/c1-10(8-11(2)13(3,4)5)9-12(15)14(6)16-7/h10-11H,8-9H2,1-7H3/t10-,11+/m1/s1. The number of rotatable bonds is 5. The average Bonchev–Trinajstić information content (AvgIpc) is 2.14. The van der Waals surface area contributed by atoms with Gasteiger partial charge in [0.1, 0.15) is 0 Å². The molecule has 3 heteroatoms. The van der Waals surface area contributed by atoms with Crippen molar-refractivity contribution in [3.63, 3.8) is 0 Å². The zero-order valence-corrected chi connectivity index (χ0v) is 11.8. The van der Waals surface area contributed by atoms with Crippen molar-refractivity contribution in [3.05, 3.63) is 0 Å². The number of amides is 1. The smallest absolute Gasteiger partial charge is 0.246 e. The zero-order chi connectivity index (χ0) is 12.9. The maximum absolute atomic E-state index is 11.6. The van der Waals surface area contributed by atoms with Gasteiger partial charge in [-0.15, -0.1) is 0 Å². The van der Waals surface area contributed by atoms with Crippen LogP contribution in [0.5, 0.6) is 0 Å². The Morgan fingerprint density at radius 1 is 1.31 bits per heavy atom. The Morgan fingerprint density at radius 2 is 1.81 bits per heavy atom. The summed E-state index contributed by atoms with van der Waals surface area (Å²) >= 11 is 0.